The van der Waals surface area contributed by atoms with E-state index in [2.05, 4.69) is 10.6 Å². The highest BCUT2D eigenvalue weighted by Crippen LogP contribution is 2.21. The van der Waals surface area contributed by atoms with E-state index in [9.17, 15) is 0 Å². The van der Waals surface area contributed by atoms with Crippen molar-refractivity contribution < 1.29 is 0 Å². The van der Waals surface area contributed by atoms with Gasteiger partial charge in [0.05, 0.1) is 11.4 Å². The van der Waals surface area contributed by atoms with E-state index >= 15 is 0 Å². The van der Waals surface area contributed by atoms with Gasteiger partial charge in [-0.15, -0.1) is 0 Å². The summed E-state index contributed by atoms with van der Waals surface area (Å²) < 4.78 is 0. The molecule has 0 bridgehead atoms. The van der Waals surface area contributed by atoms with E-state index in [0.29, 0.717) is 6.54 Å². The molecule has 0 aliphatic rings. The number of nitrogens with two attached hydrogens (primary N) is 2. The lowest BCUT2D eigenvalue weighted by molar-refractivity contribution is 1.02. The van der Waals surface area contributed by atoms with Gasteiger partial charge in [0.25, 0.3) is 0 Å². The zero-order valence-electron chi connectivity index (χ0n) is 13.7. The smallest absolute Gasteiger partial charge is 0.0617 e. The summed E-state index contributed by atoms with van der Waals surface area (Å²) in [5.74, 6) is 0. The second kappa shape index (κ2) is 9.92. The van der Waals surface area contributed by atoms with Crippen LogP contribution in [0.15, 0.2) is 84.9 Å². The van der Waals surface area contributed by atoms with E-state index in [1.807, 2.05) is 84.9 Å². The van der Waals surface area contributed by atoms with Crippen molar-refractivity contribution in [2.45, 2.75) is 0 Å². The molecular formula is C20H24N4. The molecule has 6 N–H and O–H groups in total. The Kier molecular flexibility index (Phi) is 7.18. The summed E-state index contributed by atoms with van der Waals surface area (Å²) in [6.45, 7) is 1.51. The minimum atomic E-state index is 0.675. The van der Waals surface area contributed by atoms with Crippen molar-refractivity contribution in [3.05, 3.63) is 84.9 Å². The molecule has 0 unspecified atom stereocenters. The Labute approximate surface area is 143 Å². The molecule has 0 heterocycles. The second-order valence-corrected chi connectivity index (χ2v) is 5.16. The van der Waals surface area contributed by atoms with Crippen molar-refractivity contribution in [2.24, 2.45) is 5.73 Å². The third kappa shape index (κ3) is 6.02. The molecule has 3 aromatic carbocycles. The van der Waals surface area contributed by atoms with Gasteiger partial charge in [0, 0.05) is 24.5 Å². The molecule has 0 aliphatic heterocycles. The highest BCUT2D eigenvalue weighted by molar-refractivity contribution is 5.72. The van der Waals surface area contributed by atoms with Crippen LogP contribution in [0.5, 0.6) is 0 Å². The summed E-state index contributed by atoms with van der Waals surface area (Å²) in [6, 6.07) is 27.7. The summed E-state index contributed by atoms with van der Waals surface area (Å²) in [4.78, 5) is 0. The average Bonchev–Trinajstić information content (AvgIpc) is 2.64. The van der Waals surface area contributed by atoms with Gasteiger partial charge in [0.2, 0.25) is 0 Å². The Morgan fingerprint density at radius 3 is 1.79 bits per heavy atom. The topological polar surface area (TPSA) is 76.1 Å². The first-order chi connectivity index (χ1) is 11.8. The minimum absolute atomic E-state index is 0.675. The van der Waals surface area contributed by atoms with Crippen LogP contribution in [0.3, 0.4) is 0 Å². The first-order valence-corrected chi connectivity index (χ1v) is 7.95. The van der Waals surface area contributed by atoms with Gasteiger partial charge in [-0.3, -0.25) is 0 Å². The molecule has 24 heavy (non-hydrogen) atoms. The fourth-order valence-electron chi connectivity index (χ4n) is 2.06. The van der Waals surface area contributed by atoms with Crippen molar-refractivity contribution in [1.29, 1.82) is 0 Å². The van der Waals surface area contributed by atoms with E-state index in [-0.39, 0.29) is 0 Å². The third-order valence-corrected chi connectivity index (χ3v) is 3.26. The van der Waals surface area contributed by atoms with Gasteiger partial charge < -0.3 is 22.1 Å². The lowest BCUT2D eigenvalue weighted by atomic mass is 10.2. The van der Waals surface area contributed by atoms with Crippen LogP contribution in [0.25, 0.3) is 0 Å². The van der Waals surface area contributed by atoms with Crippen LogP contribution in [0.1, 0.15) is 0 Å². The van der Waals surface area contributed by atoms with E-state index < -0.39 is 0 Å². The maximum atomic E-state index is 5.81. The summed E-state index contributed by atoms with van der Waals surface area (Å²) in [5.41, 5.74) is 15.0. The van der Waals surface area contributed by atoms with E-state index in [4.69, 9.17) is 11.5 Å². The Balaban J connectivity index is 0.000000185. The monoisotopic (exact) mass is 320 g/mol. The predicted octanol–water partition coefficient (Wildman–Crippen LogP) is 4.07. The minimum Gasteiger partial charge on any atom is -0.397 e. The van der Waals surface area contributed by atoms with Gasteiger partial charge in [0.15, 0.2) is 0 Å². The maximum Gasteiger partial charge on any atom is 0.0617 e. The summed E-state index contributed by atoms with van der Waals surface area (Å²) in [6.07, 6.45) is 0. The van der Waals surface area contributed by atoms with Crippen molar-refractivity contribution in [2.75, 3.05) is 29.5 Å². The van der Waals surface area contributed by atoms with Crippen LogP contribution in [0, 0.1) is 0 Å². The zero-order valence-corrected chi connectivity index (χ0v) is 13.7. The molecular weight excluding hydrogens is 296 g/mol. The molecule has 0 saturated carbocycles. The first-order valence-electron chi connectivity index (χ1n) is 7.95. The summed E-state index contributed by atoms with van der Waals surface area (Å²) in [5, 5.41) is 6.42. The number of nitrogens with one attached hydrogen (secondary N) is 2. The van der Waals surface area contributed by atoms with Gasteiger partial charge in [-0.2, -0.15) is 0 Å². The van der Waals surface area contributed by atoms with Crippen LogP contribution in [0.2, 0.25) is 0 Å². The molecule has 0 aromatic heterocycles. The number of anilines is 4. The molecule has 3 aromatic rings. The largest absolute Gasteiger partial charge is 0.397 e. The molecule has 4 nitrogen and oxygen atoms in total. The molecule has 0 atom stereocenters. The van der Waals surface area contributed by atoms with Crippen molar-refractivity contribution in [3.63, 3.8) is 0 Å². The number of rotatable bonds is 5. The molecule has 0 amide bonds. The Morgan fingerprint density at radius 2 is 1.21 bits per heavy atom. The normalized spacial score (nSPS) is 9.54. The molecule has 0 aliphatic carbocycles. The van der Waals surface area contributed by atoms with E-state index in [0.717, 1.165) is 29.3 Å². The van der Waals surface area contributed by atoms with Gasteiger partial charge in [0.1, 0.15) is 0 Å². The molecule has 0 saturated heterocycles. The van der Waals surface area contributed by atoms with Crippen LogP contribution in [-0.4, -0.2) is 13.1 Å². The fourth-order valence-corrected chi connectivity index (χ4v) is 2.06. The number of para-hydroxylation sites is 4. The van der Waals surface area contributed by atoms with Gasteiger partial charge in [-0.25, -0.2) is 0 Å². The lowest BCUT2D eigenvalue weighted by Gasteiger charge is -2.08. The predicted molar refractivity (Wildman–Crippen MR) is 105 cm³/mol. The first kappa shape index (κ1) is 17.4. The van der Waals surface area contributed by atoms with Crippen LogP contribution >= 0.6 is 0 Å². The molecule has 4 heteroatoms. The van der Waals surface area contributed by atoms with Crippen molar-refractivity contribution in [3.8, 4) is 0 Å². The summed E-state index contributed by atoms with van der Waals surface area (Å²) in [7, 11) is 0. The van der Waals surface area contributed by atoms with Gasteiger partial charge in [-0.05, 0) is 36.4 Å². The van der Waals surface area contributed by atoms with Crippen molar-refractivity contribution >= 4 is 22.7 Å². The SMILES string of the molecule is NCCNc1ccccc1.Nc1ccccc1Nc1ccccc1. The fraction of sp³-hybridized carbons (Fsp3) is 0.100. The third-order valence-electron chi connectivity index (χ3n) is 3.26. The Morgan fingerprint density at radius 1 is 0.667 bits per heavy atom. The van der Waals surface area contributed by atoms with E-state index in [1.54, 1.807) is 0 Å². The Bertz CT molecular complexity index is 699. The second-order valence-electron chi connectivity index (χ2n) is 5.16. The highest BCUT2D eigenvalue weighted by atomic mass is 14.9. The number of nitrogen functional groups attached to an aromatic ring is 1. The Hall–Kier alpha value is -2.98. The van der Waals surface area contributed by atoms with Gasteiger partial charge in [-0.1, -0.05) is 48.5 Å². The molecule has 0 radical (unpaired) electrons. The number of hydrogen-bond donors (Lipinski definition) is 4. The van der Waals surface area contributed by atoms with Crippen molar-refractivity contribution in [1.82, 2.24) is 0 Å². The van der Waals surface area contributed by atoms with Crippen LogP contribution in [-0.2, 0) is 0 Å². The van der Waals surface area contributed by atoms with Crippen LogP contribution < -0.4 is 22.1 Å². The standard InChI is InChI=1S/C12H12N2.C8H12N2/c13-11-8-4-5-9-12(11)14-10-6-2-1-3-7-10;9-6-7-10-8-4-2-1-3-5-8/h1-9,14H,13H2;1-5,10H,6-7,9H2. The molecule has 3 rings (SSSR count). The maximum absolute atomic E-state index is 5.81. The highest BCUT2D eigenvalue weighted by Gasteiger charge is 1.96. The lowest BCUT2D eigenvalue weighted by Crippen LogP contribution is -2.12. The summed E-state index contributed by atoms with van der Waals surface area (Å²) >= 11 is 0. The molecule has 0 fully saturated rings. The van der Waals surface area contributed by atoms with Crippen LogP contribution in [0.4, 0.5) is 22.7 Å². The zero-order chi connectivity index (χ0) is 17.0. The number of benzene rings is 3. The van der Waals surface area contributed by atoms with E-state index in [1.165, 1.54) is 0 Å². The van der Waals surface area contributed by atoms with Gasteiger partial charge >= 0.3 is 0 Å². The number of hydrogen-bond acceptors (Lipinski definition) is 4. The molecule has 124 valence electrons. The quantitative estimate of drug-likeness (QED) is 0.535. The average molecular weight is 320 g/mol. The molecule has 0 spiro atoms.